The predicted octanol–water partition coefficient (Wildman–Crippen LogP) is 3.77. The fourth-order valence-electron chi connectivity index (χ4n) is 2.28. The normalized spacial score (nSPS) is 12.9. The van der Waals surface area contributed by atoms with E-state index in [4.69, 9.17) is 0 Å². The molecule has 0 bridgehead atoms. The number of allylic oxidation sites excluding steroid dienone is 2. The first-order valence-electron chi connectivity index (χ1n) is 6.39. The van der Waals surface area contributed by atoms with E-state index in [2.05, 4.69) is 12.1 Å². The van der Waals surface area contributed by atoms with Gasteiger partial charge in [-0.05, 0) is 17.2 Å². The zero-order valence-electron chi connectivity index (χ0n) is 10.5. The van der Waals surface area contributed by atoms with Gasteiger partial charge in [0.2, 0.25) is 0 Å². The highest BCUT2D eigenvalue weighted by Crippen LogP contribution is 2.21. The molecule has 2 aromatic carbocycles. The van der Waals surface area contributed by atoms with Crippen LogP contribution in [-0.4, -0.2) is 12.4 Å². The molecule has 0 atom stereocenters. The number of carbonyl (C=O) groups excluding carboxylic acids is 1. The van der Waals surface area contributed by atoms with Gasteiger partial charge in [-0.2, -0.15) is 0 Å². The van der Waals surface area contributed by atoms with Gasteiger partial charge < -0.3 is 4.79 Å². The Morgan fingerprint density at radius 1 is 0.789 bits per heavy atom. The van der Waals surface area contributed by atoms with Gasteiger partial charge in [-0.25, -0.2) is 0 Å². The van der Waals surface area contributed by atoms with Crippen LogP contribution in [0.1, 0.15) is 10.4 Å². The fourth-order valence-corrected chi connectivity index (χ4v) is 2.28. The van der Waals surface area contributed by atoms with Crippen molar-refractivity contribution in [2.75, 3.05) is 0 Å². The van der Waals surface area contributed by atoms with Gasteiger partial charge in [-0.1, -0.05) is 60.7 Å². The summed E-state index contributed by atoms with van der Waals surface area (Å²) in [5.74, 6) is 3.86. The van der Waals surface area contributed by atoms with Crippen LogP contribution in [0, 0.1) is 0 Å². The lowest BCUT2D eigenvalue weighted by Gasteiger charge is -2.06. The minimum absolute atomic E-state index is 0.106. The second-order valence-corrected chi connectivity index (χ2v) is 4.61. The van der Waals surface area contributed by atoms with E-state index in [9.17, 15) is 4.79 Å². The van der Waals surface area contributed by atoms with E-state index in [1.807, 2.05) is 66.6 Å². The van der Waals surface area contributed by atoms with E-state index in [0.29, 0.717) is 0 Å². The SMILES string of the molecule is O=C(B1C=CC=C1)c1cccc(-c2ccccc2)c1. The van der Waals surface area contributed by atoms with E-state index in [1.165, 1.54) is 0 Å². The molecule has 1 nitrogen and oxygen atoms in total. The molecule has 0 N–H and O–H groups in total. The third-order valence-corrected chi connectivity index (χ3v) is 3.30. The van der Waals surface area contributed by atoms with E-state index >= 15 is 0 Å². The summed E-state index contributed by atoms with van der Waals surface area (Å²) in [4.78, 5) is 12.3. The molecule has 0 unspecified atom stereocenters. The summed E-state index contributed by atoms with van der Waals surface area (Å²) in [6, 6.07) is 17.9. The van der Waals surface area contributed by atoms with Crippen molar-refractivity contribution in [3.63, 3.8) is 0 Å². The monoisotopic (exact) mass is 244 g/mol. The average molecular weight is 244 g/mol. The van der Waals surface area contributed by atoms with Crippen LogP contribution in [0.15, 0.2) is 78.7 Å². The van der Waals surface area contributed by atoms with Crippen molar-refractivity contribution in [3.8, 4) is 11.1 Å². The van der Waals surface area contributed by atoms with E-state index in [-0.39, 0.29) is 12.4 Å². The van der Waals surface area contributed by atoms with Crippen molar-refractivity contribution in [2.45, 2.75) is 0 Å². The zero-order valence-corrected chi connectivity index (χ0v) is 10.5. The highest BCUT2D eigenvalue weighted by atomic mass is 16.1. The molecule has 3 rings (SSSR count). The van der Waals surface area contributed by atoms with Gasteiger partial charge in [0.15, 0.2) is 0 Å². The summed E-state index contributed by atoms with van der Waals surface area (Å²) in [5, 5.41) is 0. The van der Waals surface area contributed by atoms with Crippen LogP contribution < -0.4 is 0 Å². The van der Waals surface area contributed by atoms with Gasteiger partial charge >= 0.3 is 0 Å². The lowest BCUT2D eigenvalue weighted by atomic mass is 9.47. The smallest absolute Gasteiger partial charge is 0.280 e. The topological polar surface area (TPSA) is 17.1 Å². The van der Waals surface area contributed by atoms with E-state index < -0.39 is 0 Å². The molecule has 1 aliphatic heterocycles. The molecule has 0 radical (unpaired) electrons. The highest BCUT2D eigenvalue weighted by molar-refractivity contribution is 7.00. The van der Waals surface area contributed by atoms with E-state index in [1.54, 1.807) is 0 Å². The summed E-state index contributed by atoms with van der Waals surface area (Å²) in [7, 11) is 0. The Kier molecular flexibility index (Phi) is 3.15. The minimum Gasteiger partial charge on any atom is -0.305 e. The molecule has 2 heteroatoms. The molecule has 1 aliphatic rings. The quantitative estimate of drug-likeness (QED) is 0.751. The zero-order chi connectivity index (χ0) is 13.1. The summed E-state index contributed by atoms with van der Waals surface area (Å²) < 4.78 is 0. The van der Waals surface area contributed by atoms with Gasteiger partial charge in [0.1, 0.15) is 5.68 Å². The van der Waals surface area contributed by atoms with Crippen molar-refractivity contribution in [1.82, 2.24) is 0 Å². The van der Waals surface area contributed by atoms with Gasteiger partial charge in [0.25, 0.3) is 6.71 Å². The van der Waals surface area contributed by atoms with Crippen LogP contribution in [-0.2, 0) is 0 Å². The molecule has 0 fully saturated rings. The van der Waals surface area contributed by atoms with Gasteiger partial charge in [-0.3, -0.25) is 0 Å². The Morgan fingerprint density at radius 3 is 2.21 bits per heavy atom. The van der Waals surface area contributed by atoms with Gasteiger partial charge in [0.05, 0.1) is 0 Å². The third-order valence-electron chi connectivity index (χ3n) is 3.30. The molecule has 0 aromatic heterocycles. The molecule has 19 heavy (non-hydrogen) atoms. The maximum absolute atomic E-state index is 12.3. The van der Waals surface area contributed by atoms with Crippen LogP contribution >= 0.6 is 0 Å². The lowest BCUT2D eigenvalue weighted by molar-refractivity contribution is 0.107. The molecule has 0 aliphatic carbocycles. The summed E-state index contributed by atoms with van der Waals surface area (Å²) in [6.07, 6.45) is 3.84. The maximum atomic E-state index is 12.3. The molecular weight excluding hydrogens is 231 g/mol. The first kappa shape index (κ1) is 11.7. The first-order valence-corrected chi connectivity index (χ1v) is 6.39. The Labute approximate surface area is 113 Å². The lowest BCUT2D eigenvalue weighted by Crippen LogP contribution is -2.20. The Bertz CT molecular complexity index is 644. The van der Waals surface area contributed by atoms with Crippen LogP contribution in [0.3, 0.4) is 0 Å². The molecule has 0 saturated heterocycles. The summed E-state index contributed by atoms with van der Waals surface area (Å²) >= 11 is 0. The number of benzene rings is 2. The summed E-state index contributed by atoms with van der Waals surface area (Å²) in [5.41, 5.74) is 3.14. The minimum atomic E-state index is -0.106. The number of hydrogen-bond donors (Lipinski definition) is 0. The standard InChI is InChI=1S/C17H13BO/c19-17(18-11-4-5-12-18)16-10-6-9-15(13-16)14-7-2-1-3-8-14/h1-13H. The van der Waals surface area contributed by atoms with Crippen molar-refractivity contribution in [1.29, 1.82) is 0 Å². The molecule has 0 amide bonds. The van der Waals surface area contributed by atoms with Gasteiger partial charge in [0, 0.05) is 5.56 Å². The molecule has 0 spiro atoms. The molecular formula is C17H13BO. The third kappa shape index (κ3) is 2.43. The fraction of sp³-hybridized carbons (Fsp3) is 0. The van der Waals surface area contributed by atoms with Crippen LogP contribution in [0.25, 0.3) is 11.1 Å². The van der Waals surface area contributed by atoms with Crippen LogP contribution in [0.4, 0.5) is 0 Å². The maximum Gasteiger partial charge on any atom is 0.280 e. The largest absolute Gasteiger partial charge is 0.305 e. The average Bonchev–Trinajstić information content (AvgIpc) is 3.02. The van der Waals surface area contributed by atoms with Gasteiger partial charge in [-0.15, -0.1) is 12.0 Å². The highest BCUT2D eigenvalue weighted by Gasteiger charge is 2.20. The molecule has 2 aromatic rings. The van der Waals surface area contributed by atoms with Crippen molar-refractivity contribution >= 4 is 12.4 Å². The molecule has 1 heterocycles. The Balaban J connectivity index is 1.94. The summed E-state index contributed by atoms with van der Waals surface area (Å²) in [6.45, 7) is -0.106. The van der Waals surface area contributed by atoms with Crippen LogP contribution in [0.5, 0.6) is 0 Å². The molecule has 0 saturated carbocycles. The second kappa shape index (κ2) is 5.11. The number of carbonyl (C=O) groups is 1. The Hall–Kier alpha value is -2.35. The second-order valence-electron chi connectivity index (χ2n) is 4.61. The number of rotatable bonds is 3. The van der Waals surface area contributed by atoms with E-state index in [0.717, 1.165) is 16.7 Å². The predicted molar refractivity (Wildman–Crippen MR) is 80.2 cm³/mol. The number of hydrogen-bond acceptors (Lipinski definition) is 1. The molecule has 90 valence electrons. The Morgan fingerprint density at radius 2 is 1.47 bits per heavy atom. The first-order chi connectivity index (χ1) is 9.34. The van der Waals surface area contributed by atoms with Crippen molar-refractivity contribution < 1.29 is 4.79 Å². The van der Waals surface area contributed by atoms with Crippen LogP contribution in [0.2, 0.25) is 0 Å². The van der Waals surface area contributed by atoms with Crippen molar-refractivity contribution in [3.05, 3.63) is 84.3 Å². The van der Waals surface area contributed by atoms with Crippen molar-refractivity contribution in [2.24, 2.45) is 0 Å².